The van der Waals surface area contributed by atoms with Crippen molar-refractivity contribution in [1.82, 2.24) is 4.90 Å². The van der Waals surface area contributed by atoms with E-state index in [4.69, 9.17) is 10.4 Å². The van der Waals surface area contributed by atoms with Crippen molar-refractivity contribution >= 4 is 0 Å². The number of nitrogens with zero attached hydrogens (tertiary/aromatic N) is 2. The van der Waals surface area contributed by atoms with Gasteiger partial charge in [0.25, 0.3) is 0 Å². The second-order valence-electron chi connectivity index (χ2n) is 4.82. The molecule has 15 heavy (non-hydrogen) atoms. The van der Waals surface area contributed by atoms with Crippen molar-refractivity contribution < 1.29 is 5.11 Å². The zero-order valence-corrected chi connectivity index (χ0v) is 10.3. The van der Waals surface area contributed by atoms with Crippen molar-refractivity contribution in [2.45, 2.75) is 40.0 Å². The Hall–Kier alpha value is -0.590. The first-order valence-electron chi connectivity index (χ1n) is 5.76. The molecule has 0 saturated carbocycles. The SMILES string of the molecule is CCCN(CCO)CC(C)(C)CCC#N. The molecular weight excluding hydrogens is 188 g/mol. The van der Waals surface area contributed by atoms with E-state index in [9.17, 15) is 0 Å². The van der Waals surface area contributed by atoms with Crippen LogP contribution in [0, 0.1) is 16.7 Å². The van der Waals surface area contributed by atoms with Crippen LogP contribution in [0.5, 0.6) is 0 Å². The van der Waals surface area contributed by atoms with Crippen LogP contribution >= 0.6 is 0 Å². The zero-order valence-electron chi connectivity index (χ0n) is 10.3. The summed E-state index contributed by atoms with van der Waals surface area (Å²) in [5.74, 6) is 0. The Kier molecular flexibility index (Phi) is 7.37. The number of aliphatic hydroxyl groups excluding tert-OH is 1. The molecule has 88 valence electrons. The zero-order chi connectivity index (χ0) is 11.7. The number of nitriles is 1. The standard InChI is InChI=1S/C12H24N2O/c1-4-8-14(9-10-15)11-12(2,3)6-5-7-13/h15H,4-6,8-11H2,1-3H3. The van der Waals surface area contributed by atoms with Crippen LogP contribution in [0.4, 0.5) is 0 Å². The molecule has 0 atom stereocenters. The van der Waals surface area contributed by atoms with E-state index in [2.05, 4.69) is 31.7 Å². The Morgan fingerprint density at radius 3 is 2.47 bits per heavy atom. The molecule has 1 N–H and O–H groups in total. The fourth-order valence-electron chi connectivity index (χ4n) is 1.81. The third-order valence-electron chi connectivity index (χ3n) is 2.52. The number of hydrogen-bond donors (Lipinski definition) is 1. The molecule has 0 spiro atoms. The normalized spacial score (nSPS) is 11.7. The molecule has 0 aromatic rings. The number of rotatable bonds is 8. The maximum absolute atomic E-state index is 8.94. The van der Waals surface area contributed by atoms with E-state index in [-0.39, 0.29) is 12.0 Å². The van der Waals surface area contributed by atoms with Crippen LogP contribution in [0.1, 0.15) is 40.0 Å². The van der Waals surface area contributed by atoms with Crippen molar-refractivity contribution in [3.05, 3.63) is 0 Å². The van der Waals surface area contributed by atoms with Gasteiger partial charge in [0.2, 0.25) is 0 Å². The van der Waals surface area contributed by atoms with Crippen LogP contribution in [0.2, 0.25) is 0 Å². The summed E-state index contributed by atoms with van der Waals surface area (Å²) in [6, 6.07) is 2.19. The lowest BCUT2D eigenvalue weighted by atomic mass is 9.87. The minimum atomic E-state index is 0.167. The Labute approximate surface area is 93.7 Å². The lowest BCUT2D eigenvalue weighted by molar-refractivity contribution is 0.139. The second kappa shape index (κ2) is 7.67. The van der Waals surface area contributed by atoms with Crippen LogP contribution < -0.4 is 0 Å². The predicted molar refractivity (Wildman–Crippen MR) is 62.4 cm³/mol. The summed E-state index contributed by atoms with van der Waals surface area (Å²) in [7, 11) is 0. The number of aliphatic hydroxyl groups is 1. The second-order valence-corrected chi connectivity index (χ2v) is 4.82. The number of hydrogen-bond acceptors (Lipinski definition) is 3. The monoisotopic (exact) mass is 212 g/mol. The van der Waals surface area contributed by atoms with Gasteiger partial charge in [0.1, 0.15) is 0 Å². The molecule has 3 heteroatoms. The molecule has 0 aliphatic rings. The highest BCUT2D eigenvalue weighted by Gasteiger charge is 2.20. The van der Waals surface area contributed by atoms with E-state index in [1.165, 1.54) is 0 Å². The molecule has 0 aromatic carbocycles. The highest BCUT2D eigenvalue weighted by atomic mass is 16.3. The predicted octanol–water partition coefficient (Wildman–Crippen LogP) is 2.02. The Bertz CT molecular complexity index is 190. The van der Waals surface area contributed by atoms with E-state index in [1.54, 1.807) is 0 Å². The first kappa shape index (κ1) is 14.4. The van der Waals surface area contributed by atoms with Crippen molar-refractivity contribution in [1.29, 1.82) is 5.26 Å². The average Bonchev–Trinajstić information content (AvgIpc) is 2.15. The topological polar surface area (TPSA) is 47.3 Å². The molecule has 0 aromatic heterocycles. The molecule has 3 nitrogen and oxygen atoms in total. The molecular formula is C12H24N2O. The molecule has 0 rings (SSSR count). The van der Waals surface area contributed by atoms with E-state index in [0.717, 1.165) is 32.5 Å². The van der Waals surface area contributed by atoms with E-state index < -0.39 is 0 Å². The fraction of sp³-hybridized carbons (Fsp3) is 0.917. The maximum Gasteiger partial charge on any atom is 0.0621 e. The molecule has 0 aliphatic heterocycles. The van der Waals surface area contributed by atoms with Crippen molar-refractivity contribution in [2.24, 2.45) is 5.41 Å². The average molecular weight is 212 g/mol. The van der Waals surface area contributed by atoms with Crippen molar-refractivity contribution in [2.75, 3.05) is 26.2 Å². The smallest absolute Gasteiger partial charge is 0.0621 e. The Balaban J connectivity index is 4.06. The van der Waals surface area contributed by atoms with E-state index in [0.29, 0.717) is 6.42 Å². The van der Waals surface area contributed by atoms with Gasteiger partial charge in [-0.3, -0.25) is 0 Å². The molecule has 0 aliphatic carbocycles. The van der Waals surface area contributed by atoms with E-state index >= 15 is 0 Å². The van der Waals surface area contributed by atoms with Crippen LogP contribution in [-0.2, 0) is 0 Å². The largest absolute Gasteiger partial charge is 0.395 e. The molecule has 0 bridgehead atoms. The summed E-state index contributed by atoms with van der Waals surface area (Å²) in [4.78, 5) is 2.28. The Morgan fingerprint density at radius 1 is 1.33 bits per heavy atom. The lowest BCUT2D eigenvalue weighted by Gasteiger charge is -2.31. The van der Waals surface area contributed by atoms with E-state index in [1.807, 2.05) is 0 Å². The quantitative estimate of drug-likeness (QED) is 0.669. The lowest BCUT2D eigenvalue weighted by Crippen LogP contribution is -2.36. The minimum Gasteiger partial charge on any atom is -0.395 e. The van der Waals surface area contributed by atoms with Gasteiger partial charge in [0.05, 0.1) is 12.7 Å². The van der Waals surface area contributed by atoms with Crippen molar-refractivity contribution in [3.8, 4) is 6.07 Å². The van der Waals surface area contributed by atoms with Gasteiger partial charge in [-0.1, -0.05) is 20.8 Å². The molecule has 0 amide bonds. The summed E-state index contributed by atoms with van der Waals surface area (Å²) in [5.41, 5.74) is 0.167. The highest BCUT2D eigenvalue weighted by molar-refractivity contribution is 4.79. The van der Waals surface area contributed by atoms with Gasteiger partial charge in [0.15, 0.2) is 0 Å². The molecule has 0 unspecified atom stereocenters. The van der Waals surface area contributed by atoms with Gasteiger partial charge in [-0.05, 0) is 24.8 Å². The van der Waals surface area contributed by atoms with Crippen molar-refractivity contribution in [3.63, 3.8) is 0 Å². The first-order chi connectivity index (χ1) is 7.05. The van der Waals surface area contributed by atoms with Gasteiger partial charge >= 0.3 is 0 Å². The first-order valence-corrected chi connectivity index (χ1v) is 5.76. The third-order valence-corrected chi connectivity index (χ3v) is 2.52. The fourth-order valence-corrected chi connectivity index (χ4v) is 1.81. The van der Waals surface area contributed by atoms with Gasteiger partial charge in [-0.2, -0.15) is 5.26 Å². The van der Waals surface area contributed by atoms with Gasteiger partial charge in [-0.25, -0.2) is 0 Å². The summed E-state index contributed by atoms with van der Waals surface area (Å²) >= 11 is 0. The summed E-state index contributed by atoms with van der Waals surface area (Å²) in [6.07, 6.45) is 2.65. The molecule has 0 saturated heterocycles. The van der Waals surface area contributed by atoms with Crippen LogP contribution in [0.25, 0.3) is 0 Å². The maximum atomic E-state index is 8.94. The van der Waals surface area contributed by atoms with Crippen LogP contribution in [-0.4, -0.2) is 36.2 Å². The van der Waals surface area contributed by atoms with Gasteiger partial charge in [-0.15, -0.1) is 0 Å². The highest BCUT2D eigenvalue weighted by Crippen LogP contribution is 2.23. The summed E-state index contributed by atoms with van der Waals surface area (Å²) in [5, 5.41) is 17.5. The summed E-state index contributed by atoms with van der Waals surface area (Å²) in [6.45, 7) is 9.46. The summed E-state index contributed by atoms with van der Waals surface area (Å²) < 4.78 is 0. The van der Waals surface area contributed by atoms with Gasteiger partial charge in [0, 0.05) is 19.5 Å². The molecule has 0 heterocycles. The van der Waals surface area contributed by atoms with Crippen LogP contribution in [0.15, 0.2) is 0 Å². The third kappa shape index (κ3) is 7.35. The van der Waals surface area contributed by atoms with Gasteiger partial charge < -0.3 is 10.0 Å². The minimum absolute atomic E-state index is 0.167. The Morgan fingerprint density at radius 2 is 2.00 bits per heavy atom. The molecule has 0 radical (unpaired) electrons. The molecule has 0 fully saturated rings. The van der Waals surface area contributed by atoms with Crippen LogP contribution in [0.3, 0.4) is 0 Å².